The second kappa shape index (κ2) is 4.02. The Morgan fingerprint density at radius 2 is 2.20 bits per heavy atom. The fourth-order valence-corrected chi connectivity index (χ4v) is 1.11. The van der Waals surface area contributed by atoms with E-state index >= 15 is 0 Å². The third-order valence-electron chi connectivity index (χ3n) is 1.67. The molecule has 0 unspecified atom stereocenters. The van der Waals surface area contributed by atoms with Gasteiger partial charge in [0.05, 0.1) is 12.3 Å². The van der Waals surface area contributed by atoms with Gasteiger partial charge in [0.15, 0.2) is 0 Å². The lowest BCUT2D eigenvalue weighted by Crippen LogP contribution is -2.28. The second-order valence-corrected chi connectivity index (χ2v) is 4.33. The van der Waals surface area contributed by atoms with Crippen LogP contribution in [0.3, 0.4) is 0 Å². The molecule has 0 radical (unpaired) electrons. The van der Waals surface area contributed by atoms with Crippen molar-refractivity contribution in [3.63, 3.8) is 0 Å². The van der Waals surface area contributed by atoms with Crippen LogP contribution in [0.2, 0.25) is 0 Å². The second-order valence-electron chi connectivity index (χ2n) is 4.33. The number of aliphatic hydroxyl groups excluding tert-OH is 1. The van der Waals surface area contributed by atoms with Gasteiger partial charge in [-0.05, 0) is 33.8 Å². The Labute approximate surface area is 88.7 Å². The monoisotopic (exact) mass is 212 g/mol. The minimum Gasteiger partial charge on any atom is -0.442 e. The van der Waals surface area contributed by atoms with Crippen molar-refractivity contribution in [1.82, 2.24) is 9.78 Å². The van der Waals surface area contributed by atoms with Gasteiger partial charge in [0.1, 0.15) is 5.60 Å². The zero-order valence-electron chi connectivity index (χ0n) is 9.44. The highest BCUT2D eigenvalue weighted by Gasteiger charge is 2.20. The average molecular weight is 212 g/mol. The van der Waals surface area contributed by atoms with Gasteiger partial charge in [-0.1, -0.05) is 0 Å². The molecule has 0 spiro atoms. The first-order chi connectivity index (χ1) is 6.83. The van der Waals surface area contributed by atoms with Crippen molar-refractivity contribution in [3.8, 4) is 0 Å². The fraction of sp³-hybridized carbons (Fsp3) is 0.600. The summed E-state index contributed by atoms with van der Waals surface area (Å²) in [4.78, 5) is 11.6. The molecule has 5 nitrogen and oxygen atoms in total. The van der Waals surface area contributed by atoms with Crippen molar-refractivity contribution in [3.05, 3.63) is 17.5 Å². The first-order valence-electron chi connectivity index (χ1n) is 4.73. The van der Waals surface area contributed by atoms with Crippen LogP contribution < -0.4 is 0 Å². The lowest BCUT2D eigenvalue weighted by atomic mass is 10.2. The van der Waals surface area contributed by atoms with Crippen molar-refractivity contribution in [2.75, 3.05) is 0 Å². The van der Waals surface area contributed by atoms with E-state index in [0.717, 1.165) is 4.68 Å². The van der Waals surface area contributed by atoms with Gasteiger partial charge in [0.25, 0.3) is 0 Å². The molecule has 0 saturated carbocycles. The number of nitrogens with zero attached hydrogens (tertiary/aromatic N) is 2. The summed E-state index contributed by atoms with van der Waals surface area (Å²) in [5.41, 5.74) is 0.557. The maximum absolute atomic E-state index is 11.6. The van der Waals surface area contributed by atoms with Crippen LogP contribution in [0.1, 0.15) is 32.2 Å². The number of aliphatic hydroxyl groups is 1. The molecule has 0 aliphatic carbocycles. The molecule has 0 aliphatic rings. The molecular weight excluding hydrogens is 196 g/mol. The number of hydrogen-bond donors (Lipinski definition) is 1. The summed E-state index contributed by atoms with van der Waals surface area (Å²) in [5.74, 6) is 0. The molecule has 0 saturated heterocycles. The van der Waals surface area contributed by atoms with Gasteiger partial charge in [-0.15, -0.1) is 0 Å². The molecule has 1 aromatic heterocycles. The number of aromatic nitrogens is 2. The number of ether oxygens (including phenoxy) is 1. The van der Waals surface area contributed by atoms with E-state index in [2.05, 4.69) is 5.10 Å². The smallest absolute Gasteiger partial charge is 0.435 e. The van der Waals surface area contributed by atoms with Gasteiger partial charge in [0.2, 0.25) is 0 Å². The number of hydrogen-bond acceptors (Lipinski definition) is 4. The van der Waals surface area contributed by atoms with E-state index in [9.17, 15) is 4.79 Å². The van der Waals surface area contributed by atoms with Gasteiger partial charge in [0, 0.05) is 5.69 Å². The van der Waals surface area contributed by atoms with Crippen LogP contribution in [-0.4, -0.2) is 26.6 Å². The van der Waals surface area contributed by atoms with Crippen LogP contribution in [0.15, 0.2) is 6.07 Å². The summed E-state index contributed by atoms with van der Waals surface area (Å²) in [5, 5.41) is 12.8. The van der Waals surface area contributed by atoms with Crippen molar-refractivity contribution < 1.29 is 14.6 Å². The van der Waals surface area contributed by atoms with Crippen molar-refractivity contribution >= 4 is 6.09 Å². The first-order valence-corrected chi connectivity index (χ1v) is 4.73. The first kappa shape index (κ1) is 11.7. The van der Waals surface area contributed by atoms with Crippen LogP contribution in [0.25, 0.3) is 0 Å². The lowest BCUT2D eigenvalue weighted by molar-refractivity contribution is 0.0510. The summed E-state index contributed by atoms with van der Waals surface area (Å²) in [6.07, 6.45) is -0.528. The summed E-state index contributed by atoms with van der Waals surface area (Å²) in [7, 11) is 0. The van der Waals surface area contributed by atoms with E-state index in [1.54, 1.807) is 33.8 Å². The van der Waals surface area contributed by atoms with Crippen LogP contribution >= 0.6 is 0 Å². The van der Waals surface area contributed by atoms with E-state index < -0.39 is 11.7 Å². The molecule has 1 N–H and O–H groups in total. The van der Waals surface area contributed by atoms with E-state index in [1.807, 2.05) is 0 Å². The fourth-order valence-electron chi connectivity index (χ4n) is 1.11. The maximum atomic E-state index is 11.6. The molecule has 0 bridgehead atoms. The summed E-state index contributed by atoms with van der Waals surface area (Å²) in [6.45, 7) is 6.91. The highest BCUT2D eigenvalue weighted by Crippen LogP contribution is 2.10. The SMILES string of the molecule is Cc1cc(CO)nn1C(=O)OC(C)(C)C. The quantitative estimate of drug-likeness (QED) is 0.765. The Bertz CT molecular complexity index is 363. The summed E-state index contributed by atoms with van der Waals surface area (Å²) < 4.78 is 6.29. The molecule has 0 amide bonds. The number of carbonyl (C=O) groups is 1. The predicted octanol–water partition coefficient (Wildman–Crippen LogP) is 1.47. The molecule has 15 heavy (non-hydrogen) atoms. The highest BCUT2D eigenvalue weighted by atomic mass is 16.6. The van der Waals surface area contributed by atoms with Crippen molar-refractivity contribution in [2.24, 2.45) is 0 Å². The maximum Gasteiger partial charge on any atom is 0.435 e. The standard InChI is InChI=1S/C10H16N2O3/c1-7-5-8(6-13)11-12(7)9(14)15-10(2,3)4/h5,13H,6H2,1-4H3. The molecule has 1 rings (SSSR count). The van der Waals surface area contributed by atoms with Gasteiger partial charge in [-0.2, -0.15) is 9.78 Å². The number of aryl methyl sites for hydroxylation is 1. The van der Waals surface area contributed by atoms with Crippen molar-refractivity contribution in [1.29, 1.82) is 0 Å². The lowest BCUT2D eigenvalue weighted by Gasteiger charge is -2.19. The minimum atomic E-state index is -0.547. The van der Waals surface area contributed by atoms with Crippen LogP contribution in [0, 0.1) is 6.92 Å². The Hall–Kier alpha value is -1.36. The largest absolute Gasteiger partial charge is 0.442 e. The molecule has 0 aliphatic heterocycles. The topological polar surface area (TPSA) is 64.4 Å². The van der Waals surface area contributed by atoms with Gasteiger partial charge >= 0.3 is 6.09 Å². The number of carbonyl (C=O) groups excluding carboxylic acids is 1. The Morgan fingerprint density at radius 1 is 1.60 bits per heavy atom. The van der Waals surface area contributed by atoms with E-state index in [1.165, 1.54) is 0 Å². The highest BCUT2D eigenvalue weighted by molar-refractivity contribution is 5.70. The molecule has 0 aromatic carbocycles. The van der Waals surface area contributed by atoms with Crippen LogP contribution in [-0.2, 0) is 11.3 Å². The summed E-state index contributed by atoms with van der Waals surface area (Å²) in [6, 6.07) is 1.64. The van der Waals surface area contributed by atoms with Gasteiger partial charge < -0.3 is 9.84 Å². The molecule has 0 fully saturated rings. The predicted molar refractivity (Wildman–Crippen MR) is 54.5 cm³/mol. The Balaban J connectivity index is 2.87. The van der Waals surface area contributed by atoms with E-state index in [-0.39, 0.29) is 6.61 Å². The third kappa shape index (κ3) is 3.06. The zero-order chi connectivity index (χ0) is 11.6. The number of rotatable bonds is 1. The van der Waals surface area contributed by atoms with Crippen LogP contribution in [0.4, 0.5) is 4.79 Å². The minimum absolute atomic E-state index is 0.184. The van der Waals surface area contributed by atoms with Gasteiger partial charge in [-0.3, -0.25) is 0 Å². The zero-order valence-corrected chi connectivity index (χ0v) is 9.44. The molecule has 0 atom stereocenters. The molecular formula is C10H16N2O3. The van der Waals surface area contributed by atoms with Crippen LogP contribution in [0.5, 0.6) is 0 Å². The molecule has 5 heteroatoms. The normalized spacial score (nSPS) is 11.5. The average Bonchev–Trinajstić information content (AvgIpc) is 2.43. The Morgan fingerprint density at radius 3 is 2.60 bits per heavy atom. The summed E-state index contributed by atoms with van der Waals surface area (Å²) >= 11 is 0. The van der Waals surface area contributed by atoms with Crippen molar-refractivity contribution in [2.45, 2.75) is 39.9 Å². The third-order valence-corrected chi connectivity index (χ3v) is 1.67. The van der Waals surface area contributed by atoms with E-state index in [0.29, 0.717) is 11.4 Å². The van der Waals surface area contributed by atoms with E-state index in [4.69, 9.17) is 9.84 Å². The molecule has 1 aromatic rings. The van der Waals surface area contributed by atoms with Gasteiger partial charge in [-0.25, -0.2) is 4.79 Å². The Kier molecular flexibility index (Phi) is 3.14. The molecule has 1 heterocycles. The molecule has 84 valence electrons.